The number of azide groups is 1. The molecule has 0 bridgehead atoms. The molecule has 122 valence electrons. The Hall–Kier alpha value is -1.55. The maximum absolute atomic E-state index is 12.8. The molecule has 1 aromatic rings. The average Bonchev–Trinajstić information content (AvgIpc) is 2.31. The molecule has 0 aromatic heterocycles. The van der Waals surface area contributed by atoms with Crippen LogP contribution < -0.4 is 4.18 Å². The van der Waals surface area contributed by atoms with Crippen molar-refractivity contribution in [2.75, 3.05) is 0 Å². The van der Waals surface area contributed by atoms with Crippen molar-refractivity contribution in [3.63, 3.8) is 0 Å². The molecular weight excluding hydrogens is 361 g/mol. The zero-order valence-corrected chi connectivity index (χ0v) is 14.1. The van der Waals surface area contributed by atoms with Crippen LogP contribution in [0, 0.1) is 20.8 Å². The van der Waals surface area contributed by atoms with Crippen LogP contribution in [0.2, 0.25) is 0 Å². The smallest absolute Gasteiger partial charge is 0.358 e. The van der Waals surface area contributed by atoms with Gasteiger partial charge in [-0.25, -0.2) is 8.42 Å². The SMILES string of the molecule is Cc1c(CN=[N+]=[N-])c(C)c(S(=O)(=O)Cl)c(C)c1OS(=O)(=O)F. The highest BCUT2D eigenvalue weighted by molar-refractivity contribution is 8.13. The molecule has 0 aliphatic rings. The van der Waals surface area contributed by atoms with E-state index in [0.29, 0.717) is 0 Å². The first-order valence-electron chi connectivity index (χ1n) is 5.62. The predicted molar refractivity (Wildman–Crippen MR) is 77.2 cm³/mol. The Kier molecular flexibility index (Phi) is 5.29. The van der Waals surface area contributed by atoms with Crippen LogP contribution >= 0.6 is 10.7 Å². The van der Waals surface area contributed by atoms with Crippen molar-refractivity contribution in [3.8, 4) is 5.75 Å². The fourth-order valence-electron chi connectivity index (χ4n) is 2.15. The minimum atomic E-state index is -5.38. The molecule has 0 radical (unpaired) electrons. The van der Waals surface area contributed by atoms with Gasteiger partial charge in [-0.3, -0.25) is 0 Å². The summed E-state index contributed by atoms with van der Waals surface area (Å²) in [6, 6.07) is 0. The molecule has 22 heavy (non-hydrogen) atoms. The van der Waals surface area contributed by atoms with E-state index in [2.05, 4.69) is 14.2 Å². The minimum Gasteiger partial charge on any atom is -0.358 e. The van der Waals surface area contributed by atoms with Crippen LogP contribution in [0.25, 0.3) is 10.4 Å². The maximum atomic E-state index is 12.8. The van der Waals surface area contributed by atoms with E-state index in [1.54, 1.807) is 0 Å². The van der Waals surface area contributed by atoms with E-state index < -0.39 is 30.2 Å². The van der Waals surface area contributed by atoms with Crippen molar-refractivity contribution in [3.05, 3.63) is 32.7 Å². The molecule has 0 atom stereocenters. The van der Waals surface area contributed by atoms with Gasteiger partial charge in [0.2, 0.25) is 0 Å². The molecule has 0 fully saturated rings. The Labute approximate surface area is 131 Å². The molecule has 8 nitrogen and oxygen atoms in total. The van der Waals surface area contributed by atoms with Gasteiger partial charge in [0, 0.05) is 21.2 Å². The first-order chi connectivity index (χ1) is 9.90. The first-order valence-corrected chi connectivity index (χ1v) is 9.24. The summed E-state index contributed by atoms with van der Waals surface area (Å²) in [5.74, 6) is -0.504. The lowest BCUT2D eigenvalue weighted by Crippen LogP contribution is -2.11. The summed E-state index contributed by atoms with van der Waals surface area (Å²) < 4.78 is 61.9. The van der Waals surface area contributed by atoms with Crippen LogP contribution in [0.3, 0.4) is 0 Å². The topological polar surface area (TPSA) is 126 Å². The predicted octanol–water partition coefficient (Wildman–Crippen LogP) is 2.94. The van der Waals surface area contributed by atoms with E-state index in [4.69, 9.17) is 16.2 Å². The molecule has 1 rings (SSSR count). The summed E-state index contributed by atoms with van der Waals surface area (Å²) >= 11 is 0. The third-order valence-electron chi connectivity index (χ3n) is 2.99. The fraction of sp³-hybridized carbons (Fsp3) is 0.400. The second-order valence-corrected chi connectivity index (χ2v) is 7.77. The number of benzene rings is 1. The van der Waals surface area contributed by atoms with E-state index in [9.17, 15) is 20.7 Å². The summed E-state index contributed by atoms with van der Waals surface area (Å²) in [5, 5.41) is 3.30. The number of rotatable bonds is 5. The molecule has 1 aromatic carbocycles. The summed E-state index contributed by atoms with van der Waals surface area (Å²) in [4.78, 5) is 2.13. The molecule has 0 saturated carbocycles. The highest BCUT2D eigenvalue weighted by Crippen LogP contribution is 2.38. The van der Waals surface area contributed by atoms with Gasteiger partial charge in [-0.05, 0) is 43.0 Å². The molecule has 12 heteroatoms. The first kappa shape index (κ1) is 18.5. The third kappa shape index (κ3) is 4.01. The van der Waals surface area contributed by atoms with Gasteiger partial charge in [-0.15, -0.1) is 0 Å². The Morgan fingerprint density at radius 2 is 1.73 bits per heavy atom. The fourth-order valence-corrected chi connectivity index (χ4v) is 4.24. The van der Waals surface area contributed by atoms with Crippen LogP contribution in [-0.2, 0) is 26.1 Å². The molecule has 0 unspecified atom stereocenters. The highest BCUT2D eigenvalue weighted by Gasteiger charge is 2.27. The van der Waals surface area contributed by atoms with Gasteiger partial charge < -0.3 is 4.18 Å². The van der Waals surface area contributed by atoms with E-state index in [-0.39, 0.29) is 28.8 Å². The highest BCUT2D eigenvalue weighted by atomic mass is 35.7. The second-order valence-electron chi connectivity index (χ2n) is 4.32. The Balaban J connectivity index is 3.89. The molecule has 0 N–H and O–H groups in total. The summed E-state index contributed by atoms with van der Waals surface area (Å²) in [6.07, 6.45) is 0. The minimum absolute atomic E-state index is 0.132. The summed E-state index contributed by atoms with van der Waals surface area (Å²) in [5.41, 5.74) is 8.70. The molecule has 0 amide bonds. The molecule has 0 spiro atoms. The van der Waals surface area contributed by atoms with Crippen LogP contribution in [0.15, 0.2) is 10.0 Å². The van der Waals surface area contributed by atoms with Crippen molar-refractivity contribution in [2.24, 2.45) is 5.11 Å². The molecule has 0 aliphatic heterocycles. The second kappa shape index (κ2) is 6.29. The summed E-state index contributed by atoms with van der Waals surface area (Å²) in [6.45, 7) is 3.74. The van der Waals surface area contributed by atoms with Gasteiger partial charge in [0.15, 0.2) is 5.75 Å². The average molecular weight is 372 g/mol. The van der Waals surface area contributed by atoms with Crippen LogP contribution in [0.4, 0.5) is 3.89 Å². The van der Waals surface area contributed by atoms with Gasteiger partial charge in [-0.1, -0.05) is 9.00 Å². The zero-order valence-electron chi connectivity index (χ0n) is 11.7. The monoisotopic (exact) mass is 371 g/mol. The van der Waals surface area contributed by atoms with Crippen LogP contribution in [0.5, 0.6) is 5.75 Å². The third-order valence-corrected chi connectivity index (χ3v) is 4.92. The van der Waals surface area contributed by atoms with E-state index in [1.807, 2.05) is 0 Å². The molecular formula is C10H11ClFN3O5S2. The van der Waals surface area contributed by atoms with Crippen molar-refractivity contribution >= 4 is 30.2 Å². The number of nitrogens with zero attached hydrogens (tertiary/aromatic N) is 3. The quantitative estimate of drug-likeness (QED) is 0.340. The number of hydrogen-bond donors (Lipinski definition) is 0. The van der Waals surface area contributed by atoms with Gasteiger partial charge in [-0.2, -0.15) is 8.42 Å². The van der Waals surface area contributed by atoms with E-state index in [0.717, 1.165) is 0 Å². The van der Waals surface area contributed by atoms with E-state index >= 15 is 0 Å². The van der Waals surface area contributed by atoms with Gasteiger partial charge in [0.1, 0.15) is 0 Å². The molecule has 0 heterocycles. The Morgan fingerprint density at radius 1 is 1.18 bits per heavy atom. The lowest BCUT2D eigenvalue weighted by atomic mass is 9.98. The lowest BCUT2D eigenvalue weighted by Gasteiger charge is -2.18. The normalized spacial score (nSPS) is 11.9. The Bertz CT molecular complexity index is 877. The van der Waals surface area contributed by atoms with Gasteiger partial charge in [0.05, 0.1) is 11.4 Å². The maximum Gasteiger partial charge on any atom is 0.488 e. The molecule has 0 aliphatic carbocycles. The largest absolute Gasteiger partial charge is 0.488 e. The van der Waals surface area contributed by atoms with Crippen molar-refractivity contribution in [1.29, 1.82) is 0 Å². The Morgan fingerprint density at radius 3 is 2.14 bits per heavy atom. The molecule has 0 saturated heterocycles. The van der Waals surface area contributed by atoms with Gasteiger partial charge >= 0.3 is 10.5 Å². The van der Waals surface area contributed by atoms with E-state index in [1.165, 1.54) is 20.8 Å². The standard InChI is InChI=1S/C10H11ClFN3O5S2/c1-5-8(4-14-15-13)6(2)10(21(11,16)17)7(3)9(5)20-22(12,18)19/h4H2,1-3H3. The summed E-state index contributed by atoms with van der Waals surface area (Å²) in [7, 11) is -4.30. The zero-order chi connectivity index (χ0) is 17.3. The van der Waals surface area contributed by atoms with Crippen molar-refractivity contribution in [2.45, 2.75) is 32.2 Å². The van der Waals surface area contributed by atoms with Crippen LogP contribution in [0.1, 0.15) is 22.3 Å². The van der Waals surface area contributed by atoms with Crippen LogP contribution in [-0.4, -0.2) is 16.8 Å². The van der Waals surface area contributed by atoms with Gasteiger partial charge in [0.25, 0.3) is 9.05 Å². The number of halogens is 2. The lowest BCUT2D eigenvalue weighted by molar-refractivity contribution is 0.435. The van der Waals surface area contributed by atoms with Crippen molar-refractivity contribution < 1.29 is 24.9 Å². The number of hydrogen-bond acceptors (Lipinski definition) is 6. The van der Waals surface area contributed by atoms with Crippen molar-refractivity contribution in [1.82, 2.24) is 0 Å².